The predicted molar refractivity (Wildman–Crippen MR) is 39.7 cm³/mol. The second-order valence-electron chi connectivity index (χ2n) is 1.95. The summed E-state index contributed by atoms with van der Waals surface area (Å²) >= 11 is 1.65. The maximum atomic E-state index is 5.40. The van der Waals surface area contributed by atoms with Crippen LogP contribution in [0.15, 0.2) is 24.3 Å². The Hall–Kier alpha value is -0.184. The number of rotatable bonds is 1. The number of nitrogens with two attached hydrogens (primary N) is 1. The van der Waals surface area contributed by atoms with Crippen LogP contribution in [0.4, 0.5) is 0 Å². The number of benzene rings is 1. The molecule has 0 unspecified atom stereocenters. The van der Waals surface area contributed by atoms with Crippen molar-refractivity contribution >= 4 is 22.7 Å². The third-order valence-electron chi connectivity index (χ3n) is 1.22. The fourth-order valence-corrected chi connectivity index (χ4v) is 1.06. The third-order valence-corrected chi connectivity index (χ3v) is 2.02. The molecule has 0 fully saturated rings. The normalized spacial score (nSPS) is 9.44. The van der Waals surface area contributed by atoms with Crippen molar-refractivity contribution in [2.75, 3.05) is 0 Å². The van der Waals surface area contributed by atoms with E-state index in [1.807, 2.05) is 0 Å². The van der Waals surface area contributed by atoms with E-state index in [4.69, 9.17) is 5.73 Å². The van der Waals surface area contributed by atoms with Gasteiger partial charge in [0.15, 0.2) is 0 Å². The molecule has 1 aromatic rings. The molecule has 0 amide bonds. The zero-order chi connectivity index (χ0) is 6.69. The van der Waals surface area contributed by atoms with Crippen molar-refractivity contribution < 1.29 is 0 Å². The van der Waals surface area contributed by atoms with Gasteiger partial charge in [0.25, 0.3) is 0 Å². The average molecular weight is 176 g/mol. The Kier molecular flexibility index (Phi) is 2.39. The van der Waals surface area contributed by atoms with Gasteiger partial charge in [-0.1, -0.05) is 0 Å². The summed E-state index contributed by atoms with van der Waals surface area (Å²) in [6.07, 6.45) is 0. The van der Waals surface area contributed by atoms with Crippen LogP contribution in [0.3, 0.4) is 0 Å². The maximum absolute atomic E-state index is 5.40. The average Bonchev–Trinajstić information content (AvgIpc) is 1.90. The van der Waals surface area contributed by atoms with Crippen LogP contribution in [-0.4, -0.2) is 18.6 Å². The first-order valence-electron chi connectivity index (χ1n) is 2.87. The molecule has 9 heavy (non-hydrogen) atoms. The number of hydrogen-bond donors (Lipinski definition) is 1. The second-order valence-corrected chi connectivity index (χ2v) is 3.34. The first-order chi connectivity index (χ1) is 4.33. The Morgan fingerprint density at radius 1 is 1.22 bits per heavy atom. The molecule has 0 aliphatic carbocycles. The van der Waals surface area contributed by atoms with Gasteiger partial charge in [-0.15, -0.1) is 0 Å². The van der Waals surface area contributed by atoms with Crippen LogP contribution in [0.2, 0.25) is 0 Å². The Balaban J connectivity index is 2.88. The summed E-state index contributed by atoms with van der Waals surface area (Å²) in [5, 5.41) is 0. The third kappa shape index (κ3) is 1.89. The van der Waals surface area contributed by atoms with Crippen LogP contribution in [0, 0.1) is 0 Å². The quantitative estimate of drug-likeness (QED) is 0.595. The Bertz CT molecular complexity index is 181. The topological polar surface area (TPSA) is 26.0 Å². The molecule has 0 aliphatic heterocycles. The van der Waals surface area contributed by atoms with Crippen LogP contribution < -0.4 is 9.85 Å². The van der Waals surface area contributed by atoms with E-state index in [1.165, 1.54) is 9.68 Å². The Labute approximate surface area is 65.2 Å². The molecule has 44 valence electrons. The SMILES string of the molecule is NCc1cc[c]([Ga])cc1. The molecule has 1 nitrogen and oxygen atoms in total. The van der Waals surface area contributed by atoms with Gasteiger partial charge in [-0.05, 0) is 0 Å². The van der Waals surface area contributed by atoms with Crippen molar-refractivity contribution in [2.45, 2.75) is 6.54 Å². The summed E-state index contributed by atoms with van der Waals surface area (Å²) in [5.74, 6) is 0. The van der Waals surface area contributed by atoms with E-state index in [0.717, 1.165) is 0 Å². The van der Waals surface area contributed by atoms with Crippen LogP contribution in [0.25, 0.3) is 0 Å². The van der Waals surface area contributed by atoms with E-state index >= 15 is 0 Å². The van der Waals surface area contributed by atoms with Crippen molar-refractivity contribution in [3.63, 3.8) is 0 Å². The summed E-state index contributed by atoms with van der Waals surface area (Å²) in [6.45, 7) is 0.646. The van der Waals surface area contributed by atoms with Gasteiger partial charge in [-0.25, -0.2) is 0 Å². The zero-order valence-electron chi connectivity index (χ0n) is 5.17. The van der Waals surface area contributed by atoms with Gasteiger partial charge in [-0.3, -0.25) is 0 Å². The van der Waals surface area contributed by atoms with Gasteiger partial charge < -0.3 is 0 Å². The first-order valence-corrected chi connectivity index (χ1v) is 4.08. The van der Waals surface area contributed by atoms with E-state index in [1.54, 1.807) is 18.6 Å². The summed E-state index contributed by atoms with van der Waals surface area (Å²) in [6, 6.07) is 8.33. The van der Waals surface area contributed by atoms with E-state index < -0.39 is 0 Å². The zero-order valence-corrected chi connectivity index (χ0v) is 7.59. The molecule has 2 N–H and O–H groups in total. The van der Waals surface area contributed by atoms with Crippen molar-refractivity contribution in [3.8, 4) is 0 Å². The molecule has 0 spiro atoms. The minimum atomic E-state index is 0.646. The van der Waals surface area contributed by atoms with E-state index in [9.17, 15) is 0 Å². The molecular formula is C7H8GaN. The molecule has 0 bridgehead atoms. The summed E-state index contributed by atoms with van der Waals surface area (Å²) in [7, 11) is 0. The van der Waals surface area contributed by atoms with Gasteiger partial charge in [0.1, 0.15) is 0 Å². The first kappa shape index (κ1) is 6.93. The van der Waals surface area contributed by atoms with Gasteiger partial charge in [-0.2, -0.15) is 0 Å². The fourth-order valence-electron chi connectivity index (χ4n) is 0.654. The second kappa shape index (κ2) is 3.10. The molecule has 0 atom stereocenters. The van der Waals surface area contributed by atoms with Gasteiger partial charge in [0.2, 0.25) is 0 Å². The minimum absolute atomic E-state index is 0.646. The summed E-state index contributed by atoms with van der Waals surface area (Å²) < 4.78 is 1.35. The molecule has 1 aromatic carbocycles. The summed E-state index contributed by atoms with van der Waals surface area (Å²) in [4.78, 5) is 0. The van der Waals surface area contributed by atoms with Crippen LogP contribution in [0.1, 0.15) is 5.56 Å². The van der Waals surface area contributed by atoms with Crippen LogP contribution in [-0.2, 0) is 6.54 Å². The molecular weight excluding hydrogens is 168 g/mol. The monoisotopic (exact) mass is 175 g/mol. The molecule has 0 heterocycles. The van der Waals surface area contributed by atoms with Crippen LogP contribution >= 0.6 is 0 Å². The van der Waals surface area contributed by atoms with Gasteiger partial charge >= 0.3 is 64.8 Å². The van der Waals surface area contributed by atoms with E-state index in [2.05, 4.69) is 24.3 Å². The van der Waals surface area contributed by atoms with Crippen molar-refractivity contribution in [3.05, 3.63) is 29.8 Å². The standard InChI is InChI=1S/C7H8N.Ga/c8-6-7-4-2-1-3-5-7;/h2-5H,6,8H2;. The fraction of sp³-hybridized carbons (Fsp3) is 0.143. The molecule has 0 aliphatic rings. The predicted octanol–water partition coefficient (Wildman–Crippen LogP) is -0.0609. The molecule has 1 rings (SSSR count). The molecule has 0 saturated carbocycles. The Morgan fingerprint density at radius 2 is 1.78 bits per heavy atom. The van der Waals surface area contributed by atoms with Gasteiger partial charge in [0, 0.05) is 0 Å². The Morgan fingerprint density at radius 3 is 2.22 bits per heavy atom. The van der Waals surface area contributed by atoms with Gasteiger partial charge in [0.05, 0.1) is 0 Å². The van der Waals surface area contributed by atoms with Crippen molar-refractivity contribution in [1.29, 1.82) is 0 Å². The van der Waals surface area contributed by atoms with Crippen molar-refractivity contribution in [2.24, 2.45) is 5.73 Å². The van der Waals surface area contributed by atoms with E-state index in [-0.39, 0.29) is 0 Å². The summed E-state index contributed by atoms with van der Waals surface area (Å²) in [5.41, 5.74) is 6.61. The van der Waals surface area contributed by atoms with E-state index in [0.29, 0.717) is 6.54 Å². The molecule has 0 saturated heterocycles. The van der Waals surface area contributed by atoms with Crippen LogP contribution in [0.5, 0.6) is 0 Å². The van der Waals surface area contributed by atoms with Crippen molar-refractivity contribution in [1.82, 2.24) is 0 Å². The molecule has 2 heteroatoms. The molecule has 0 aromatic heterocycles. The molecule has 2 radical (unpaired) electrons. The number of hydrogen-bond acceptors (Lipinski definition) is 1.